The summed E-state index contributed by atoms with van der Waals surface area (Å²) >= 11 is 5.50. The van der Waals surface area contributed by atoms with Gasteiger partial charge in [-0.15, -0.1) is 0 Å². The predicted octanol–water partition coefficient (Wildman–Crippen LogP) is 4.10. The average Bonchev–Trinajstić information content (AvgIpc) is 3.27. The molecule has 22 heavy (non-hydrogen) atoms. The van der Waals surface area contributed by atoms with E-state index >= 15 is 0 Å². The third-order valence-corrected chi connectivity index (χ3v) is 4.01. The van der Waals surface area contributed by atoms with Crippen LogP contribution in [0.4, 0.5) is 5.69 Å². The number of allylic oxidation sites excluding steroid dienone is 3. The van der Waals surface area contributed by atoms with Gasteiger partial charge >= 0.3 is 0 Å². The molecule has 4 heteroatoms. The zero-order valence-electron chi connectivity index (χ0n) is 11.7. The Labute approximate surface area is 134 Å². The van der Waals surface area contributed by atoms with Crippen LogP contribution < -0.4 is 4.90 Å². The Morgan fingerprint density at radius 2 is 1.86 bits per heavy atom. The second kappa shape index (κ2) is 5.24. The summed E-state index contributed by atoms with van der Waals surface area (Å²) in [5.41, 5.74) is 5.12. The highest BCUT2D eigenvalue weighted by molar-refractivity contribution is 7.81. The minimum Gasteiger partial charge on any atom is -0.361 e. The van der Waals surface area contributed by atoms with E-state index in [0.29, 0.717) is 0 Å². The molecule has 2 aliphatic rings. The van der Waals surface area contributed by atoms with Gasteiger partial charge in [0.05, 0.1) is 11.4 Å². The van der Waals surface area contributed by atoms with Gasteiger partial charge in [0.1, 0.15) is 4.99 Å². The van der Waals surface area contributed by atoms with Crippen molar-refractivity contribution in [2.75, 3.05) is 4.90 Å². The first-order valence-electron chi connectivity index (χ1n) is 7.04. The number of aromatic nitrogens is 1. The van der Waals surface area contributed by atoms with E-state index in [1.54, 1.807) is 0 Å². The average molecular weight is 303 g/mol. The summed E-state index contributed by atoms with van der Waals surface area (Å²) in [5.74, 6) is 0. The largest absolute Gasteiger partial charge is 0.361 e. The monoisotopic (exact) mass is 303 g/mol. The fourth-order valence-electron chi connectivity index (χ4n) is 2.70. The van der Waals surface area contributed by atoms with E-state index in [1.807, 2.05) is 61.0 Å². The number of thiocarbonyl (C=S) groups is 1. The van der Waals surface area contributed by atoms with E-state index in [1.165, 1.54) is 0 Å². The van der Waals surface area contributed by atoms with Crippen molar-refractivity contribution in [3.8, 4) is 0 Å². The molecule has 0 saturated heterocycles. The summed E-state index contributed by atoms with van der Waals surface area (Å²) in [6.45, 7) is 0. The van der Waals surface area contributed by atoms with E-state index in [9.17, 15) is 0 Å². The van der Waals surface area contributed by atoms with Gasteiger partial charge in [-0.3, -0.25) is 9.89 Å². The molecular formula is C18H13N3S. The zero-order chi connectivity index (χ0) is 14.9. The topological polar surface area (TPSA) is 31.4 Å². The van der Waals surface area contributed by atoms with Crippen molar-refractivity contribution in [3.05, 3.63) is 84.0 Å². The number of nitrogens with zero attached hydrogens (tertiary/aromatic N) is 2. The van der Waals surface area contributed by atoms with Crippen molar-refractivity contribution in [1.29, 1.82) is 0 Å². The summed E-state index contributed by atoms with van der Waals surface area (Å²) in [7, 11) is 0. The molecular weight excluding hydrogens is 290 g/mol. The Hall–Kier alpha value is -2.72. The third-order valence-electron chi connectivity index (χ3n) is 3.69. The van der Waals surface area contributed by atoms with Crippen molar-refractivity contribution >= 4 is 34.7 Å². The maximum atomic E-state index is 5.50. The molecule has 106 valence electrons. The van der Waals surface area contributed by atoms with Crippen LogP contribution in [0.3, 0.4) is 0 Å². The van der Waals surface area contributed by atoms with E-state index < -0.39 is 0 Å². The predicted molar refractivity (Wildman–Crippen MR) is 94.9 cm³/mol. The standard InChI is InChI=1S/C18H13N3S/c22-17-9-8-16(21(17)13-5-2-1-3-6-13)18-14(10-12-20-18)15-7-4-11-19-15/h1-12,19H/b18-16-. The van der Waals surface area contributed by atoms with Crippen molar-refractivity contribution < 1.29 is 0 Å². The molecule has 1 aromatic heterocycles. The van der Waals surface area contributed by atoms with Crippen LogP contribution in [0.1, 0.15) is 5.69 Å². The number of anilines is 1. The van der Waals surface area contributed by atoms with Gasteiger partial charge in [0, 0.05) is 29.4 Å². The zero-order valence-corrected chi connectivity index (χ0v) is 12.5. The van der Waals surface area contributed by atoms with Crippen LogP contribution >= 0.6 is 12.2 Å². The molecule has 3 nitrogen and oxygen atoms in total. The molecule has 0 amide bonds. The molecule has 0 unspecified atom stereocenters. The Balaban J connectivity index is 1.83. The molecule has 2 aromatic rings. The lowest BCUT2D eigenvalue weighted by atomic mass is 10.1. The van der Waals surface area contributed by atoms with Gasteiger partial charge in [0.15, 0.2) is 0 Å². The molecule has 1 aromatic carbocycles. The number of nitrogens with one attached hydrogen (secondary N) is 1. The SMILES string of the molecule is S=C1C=C/C(=C2/N=CC=C2c2ccc[nH]2)N1c1ccccc1. The quantitative estimate of drug-likeness (QED) is 0.847. The number of aromatic amines is 1. The summed E-state index contributed by atoms with van der Waals surface area (Å²) < 4.78 is 0. The summed E-state index contributed by atoms with van der Waals surface area (Å²) in [6, 6.07) is 14.2. The fourth-order valence-corrected chi connectivity index (χ4v) is 2.97. The maximum absolute atomic E-state index is 5.50. The maximum Gasteiger partial charge on any atom is 0.111 e. The lowest BCUT2D eigenvalue weighted by Crippen LogP contribution is -2.22. The summed E-state index contributed by atoms with van der Waals surface area (Å²) in [4.78, 5) is 10.6. The number of H-pyrrole nitrogens is 1. The van der Waals surface area contributed by atoms with E-state index in [2.05, 4.69) is 27.0 Å². The second-order valence-electron chi connectivity index (χ2n) is 5.02. The molecule has 0 radical (unpaired) electrons. The van der Waals surface area contributed by atoms with Crippen LogP contribution in [0.2, 0.25) is 0 Å². The highest BCUT2D eigenvalue weighted by atomic mass is 32.1. The van der Waals surface area contributed by atoms with Crippen LogP contribution in [0.5, 0.6) is 0 Å². The molecule has 3 heterocycles. The van der Waals surface area contributed by atoms with Gasteiger partial charge < -0.3 is 4.98 Å². The van der Waals surface area contributed by atoms with Crippen LogP contribution in [-0.4, -0.2) is 16.2 Å². The first kappa shape index (κ1) is 13.0. The van der Waals surface area contributed by atoms with Gasteiger partial charge in [-0.1, -0.05) is 30.4 Å². The third kappa shape index (κ3) is 2.05. The van der Waals surface area contributed by atoms with E-state index in [-0.39, 0.29) is 0 Å². The minimum atomic E-state index is 0.779. The highest BCUT2D eigenvalue weighted by Gasteiger charge is 2.25. The highest BCUT2D eigenvalue weighted by Crippen LogP contribution is 2.35. The van der Waals surface area contributed by atoms with Crippen LogP contribution in [0.25, 0.3) is 5.57 Å². The molecule has 1 N–H and O–H groups in total. The molecule has 0 atom stereocenters. The molecule has 0 bridgehead atoms. The molecule has 0 saturated carbocycles. The van der Waals surface area contributed by atoms with Crippen molar-refractivity contribution in [1.82, 2.24) is 4.98 Å². The van der Waals surface area contributed by atoms with Crippen molar-refractivity contribution in [3.63, 3.8) is 0 Å². The summed E-state index contributed by atoms with van der Waals surface area (Å²) in [6.07, 6.45) is 9.75. The number of hydrogen-bond acceptors (Lipinski definition) is 2. The molecule has 0 spiro atoms. The first-order valence-corrected chi connectivity index (χ1v) is 7.45. The Morgan fingerprint density at radius 1 is 1.00 bits per heavy atom. The van der Waals surface area contributed by atoms with E-state index in [4.69, 9.17) is 12.2 Å². The Kier molecular flexibility index (Phi) is 3.09. The van der Waals surface area contributed by atoms with Crippen molar-refractivity contribution in [2.45, 2.75) is 0 Å². The van der Waals surface area contributed by atoms with Crippen LogP contribution in [0.15, 0.2) is 83.3 Å². The molecule has 0 fully saturated rings. The number of aliphatic imine (C=N–C) groups is 1. The second-order valence-corrected chi connectivity index (χ2v) is 5.44. The lowest BCUT2D eigenvalue weighted by molar-refractivity contribution is 1.24. The Bertz CT molecular complexity index is 840. The minimum absolute atomic E-state index is 0.779. The van der Waals surface area contributed by atoms with Gasteiger partial charge in [0.25, 0.3) is 0 Å². The molecule has 0 aliphatic carbocycles. The van der Waals surface area contributed by atoms with Crippen LogP contribution in [0, 0.1) is 0 Å². The molecule has 2 aliphatic heterocycles. The number of hydrogen-bond donors (Lipinski definition) is 1. The normalized spacial score (nSPS) is 20.1. The number of benzene rings is 1. The molecule has 4 rings (SSSR count). The van der Waals surface area contributed by atoms with Crippen molar-refractivity contribution in [2.24, 2.45) is 4.99 Å². The lowest BCUT2D eigenvalue weighted by Gasteiger charge is -2.22. The fraction of sp³-hybridized carbons (Fsp3) is 0. The Morgan fingerprint density at radius 3 is 2.64 bits per heavy atom. The smallest absolute Gasteiger partial charge is 0.111 e. The van der Waals surface area contributed by atoms with Crippen LogP contribution in [-0.2, 0) is 0 Å². The number of para-hydroxylation sites is 1. The van der Waals surface area contributed by atoms with Gasteiger partial charge in [-0.2, -0.15) is 0 Å². The first-order chi connectivity index (χ1) is 10.8. The van der Waals surface area contributed by atoms with Gasteiger partial charge in [0.2, 0.25) is 0 Å². The van der Waals surface area contributed by atoms with Gasteiger partial charge in [-0.05, 0) is 42.5 Å². The summed E-state index contributed by atoms with van der Waals surface area (Å²) in [5, 5.41) is 0. The van der Waals surface area contributed by atoms with Gasteiger partial charge in [-0.25, -0.2) is 0 Å². The number of rotatable bonds is 2. The van der Waals surface area contributed by atoms with E-state index in [0.717, 1.165) is 33.3 Å².